The Balaban J connectivity index is 1.56. The van der Waals surface area contributed by atoms with Crippen LogP contribution in [0.4, 0.5) is 4.79 Å². The summed E-state index contributed by atoms with van der Waals surface area (Å²) < 4.78 is 10.4. The number of thioether (sulfide) groups is 1. The molecule has 1 aromatic carbocycles. The van der Waals surface area contributed by atoms with Crippen molar-refractivity contribution in [3.63, 3.8) is 0 Å². The molecule has 160 valence electrons. The van der Waals surface area contributed by atoms with Crippen LogP contribution < -0.4 is 4.74 Å². The molecule has 0 saturated carbocycles. The summed E-state index contributed by atoms with van der Waals surface area (Å²) in [5.74, 6) is -0.617. The molecule has 2 heterocycles. The van der Waals surface area contributed by atoms with Crippen molar-refractivity contribution in [2.45, 2.75) is 26.2 Å². The molecule has 0 bridgehead atoms. The lowest BCUT2D eigenvalue weighted by Gasteiger charge is -2.26. The largest absolute Gasteiger partial charge is 0.484 e. The highest BCUT2D eigenvalue weighted by molar-refractivity contribution is 8.18. The Hall–Kier alpha value is -2.81. The van der Waals surface area contributed by atoms with Crippen LogP contribution >= 0.6 is 11.8 Å². The van der Waals surface area contributed by atoms with Crippen molar-refractivity contribution in [2.24, 2.45) is 0 Å². The molecule has 3 rings (SSSR count). The number of hydrogen-bond donors (Lipinski definition) is 0. The fourth-order valence-corrected chi connectivity index (χ4v) is 4.00. The van der Waals surface area contributed by atoms with Gasteiger partial charge in [0.15, 0.2) is 6.61 Å². The van der Waals surface area contributed by atoms with Gasteiger partial charge in [0.2, 0.25) is 0 Å². The van der Waals surface area contributed by atoms with E-state index in [0.717, 1.165) is 49.0 Å². The molecule has 0 aliphatic carbocycles. The molecule has 3 amide bonds. The number of ether oxygens (including phenoxy) is 2. The highest BCUT2D eigenvalue weighted by Crippen LogP contribution is 2.32. The highest BCUT2D eigenvalue weighted by Gasteiger charge is 2.36. The molecule has 1 aromatic rings. The summed E-state index contributed by atoms with van der Waals surface area (Å²) in [4.78, 5) is 51.1. The molecule has 0 spiro atoms. The van der Waals surface area contributed by atoms with Crippen molar-refractivity contribution in [1.82, 2.24) is 9.80 Å². The topological polar surface area (TPSA) is 93.2 Å². The van der Waals surface area contributed by atoms with E-state index < -0.39 is 23.7 Å². The van der Waals surface area contributed by atoms with Gasteiger partial charge in [-0.05, 0) is 61.7 Å². The van der Waals surface area contributed by atoms with Gasteiger partial charge in [0.05, 0.1) is 11.5 Å². The van der Waals surface area contributed by atoms with Gasteiger partial charge >= 0.3 is 5.97 Å². The lowest BCUT2D eigenvalue weighted by molar-refractivity contribution is -0.146. The van der Waals surface area contributed by atoms with E-state index in [9.17, 15) is 19.2 Å². The van der Waals surface area contributed by atoms with Gasteiger partial charge in [0.1, 0.15) is 12.3 Å². The molecular weight excluding hydrogens is 408 g/mol. The zero-order valence-electron chi connectivity index (χ0n) is 16.8. The highest BCUT2D eigenvalue weighted by atomic mass is 32.2. The average Bonchev–Trinajstić information content (AvgIpc) is 3.01. The van der Waals surface area contributed by atoms with Crippen LogP contribution in [0.5, 0.6) is 5.75 Å². The van der Waals surface area contributed by atoms with Gasteiger partial charge in [0.25, 0.3) is 17.1 Å². The smallest absolute Gasteiger partial charge is 0.326 e. The van der Waals surface area contributed by atoms with E-state index in [2.05, 4.69) is 0 Å². The summed E-state index contributed by atoms with van der Waals surface area (Å²) in [6.45, 7) is 3.00. The third kappa shape index (κ3) is 5.63. The van der Waals surface area contributed by atoms with Gasteiger partial charge in [0, 0.05) is 13.1 Å². The number of benzene rings is 1. The standard InChI is InChI=1S/C21H24N2O6S/c1-2-28-19(25)13-23-20(26)17(30-21(23)27)12-15-6-8-16(9-7-15)29-14-18(24)22-10-4-3-5-11-22/h6-9,12H,2-5,10-11,13-14H2,1H3/b17-12-. The SMILES string of the molecule is CCOC(=O)CN1C(=O)S/C(=C\c2ccc(OCC(=O)N3CCCCC3)cc2)C1=O. The number of carbonyl (C=O) groups is 4. The Morgan fingerprint density at radius 2 is 1.80 bits per heavy atom. The molecule has 0 unspecified atom stereocenters. The molecule has 0 N–H and O–H groups in total. The minimum Gasteiger partial charge on any atom is -0.484 e. The second-order valence-electron chi connectivity index (χ2n) is 6.87. The van der Waals surface area contributed by atoms with E-state index in [1.54, 1.807) is 37.3 Å². The Morgan fingerprint density at radius 1 is 1.10 bits per heavy atom. The fraction of sp³-hybridized carbons (Fsp3) is 0.429. The first-order valence-corrected chi connectivity index (χ1v) is 10.7. The number of rotatable bonds is 7. The Labute approximate surface area is 179 Å². The predicted molar refractivity (Wildman–Crippen MR) is 112 cm³/mol. The molecule has 2 aliphatic rings. The number of esters is 1. The van der Waals surface area contributed by atoms with Crippen LogP contribution in [0.15, 0.2) is 29.2 Å². The van der Waals surface area contributed by atoms with Crippen LogP contribution in [-0.2, 0) is 19.1 Å². The summed E-state index contributed by atoms with van der Waals surface area (Å²) in [6.07, 6.45) is 4.81. The maximum atomic E-state index is 12.4. The summed E-state index contributed by atoms with van der Waals surface area (Å²) in [6, 6.07) is 6.89. The van der Waals surface area contributed by atoms with E-state index in [-0.39, 0.29) is 24.0 Å². The number of likely N-dealkylation sites (tertiary alicyclic amines) is 1. The molecule has 30 heavy (non-hydrogen) atoms. The maximum Gasteiger partial charge on any atom is 0.326 e. The lowest BCUT2D eigenvalue weighted by atomic mass is 10.1. The number of carbonyl (C=O) groups excluding carboxylic acids is 4. The Kier molecular flexibility index (Phi) is 7.51. The average molecular weight is 432 g/mol. The normalized spacial score (nSPS) is 18.1. The fourth-order valence-electron chi connectivity index (χ4n) is 3.16. The van der Waals surface area contributed by atoms with Crippen LogP contribution in [0.3, 0.4) is 0 Å². The zero-order valence-corrected chi connectivity index (χ0v) is 17.6. The minimum atomic E-state index is -0.623. The number of hydrogen-bond acceptors (Lipinski definition) is 7. The Bertz CT molecular complexity index is 846. The summed E-state index contributed by atoms with van der Waals surface area (Å²) in [7, 11) is 0. The summed E-state index contributed by atoms with van der Waals surface area (Å²) in [5.41, 5.74) is 0.700. The maximum absolute atomic E-state index is 12.4. The van der Waals surface area contributed by atoms with Crippen LogP contribution in [-0.4, -0.2) is 65.7 Å². The predicted octanol–water partition coefficient (Wildman–Crippen LogP) is 2.68. The molecular formula is C21H24N2O6S. The molecule has 0 aromatic heterocycles. The van der Waals surface area contributed by atoms with Gasteiger partial charge in [-0.25, -0.2) is 0 Å². The van der Waals surface area contributed by atoms with E-state index in [1.165, 1.54) is 0 Å². The lowest BCUT2D eigenvalue weighted by Crippen LogP contribution is -2.38. The molecule has 0 atom stereocenters. The van der Waals surface area contributed by atoms with Gasteiger partial charge in [-0.1, -0.05) is 12.1 Å². The minimum absolute atomic E-state index is 0.00784. The van der Waals surface area contributed by atoms with Gasteiger partial charge in [-0.15, -0.1) is 0 Å². The molecule has 2 aliphatic heterocycles. The third-order valence-electron chi connectivity index (χ3n) is 4.72. The number of piperidine rings is 1. The second kappa shape index (κ2) is 10.3. The summed E-state index contributed by atoms with van der Waals surface area (Å²) in [5, 5.41) is -0.504. The van der Waals surface area contributed by atoms with Crippen molar-refractivity contribution in [1.29, 1.82) is 0 Å². The number of nitrogens with zero attached hydrogens (tertiary/aromatic N) is 2. The molecule has 8 nitrogen and oxygen atoms in total. The van der Waals surface area contributed by atoms with E-state index in [1.807, 2.05) is 4.90 Å². The molecule has 0 radical (unpaired) electrons. The second-order valence-corrected chi connectivity index (χ2v) is 7.87. The Morgan fingerprint density at radius 3 is 2.47 bits per heavy atom. The van der Waals surface area contributed by atoms with Crippen LogP contribution in [0.1, 0.15) is 31.7 Å². The quantitative estimate of drug-likeness (QED) is 0.483. The van der Waals surface area contributed by atoms with Crippen molar-refractivity contribution >= 4 is 40.9 Å². The van der Waals surface area contributed by atoms with Gasteiger partial charge in [-0.3, -0.25) is 24.1 Å². The summed E-state index contributed by atoms with van der Waals surface area (Å²) >= 11 is 0.780. The van der Waals surface area contributed by atoms with Gasteiger partial charge in [-0.2, -0.15) is 0 Å². The van der Waals surface area contributed by atoms with Gasteiger partial charge < -0.3 is 14.4 Å². The monoisotopic (exact) mass is 432 g/mol. The first-order chi connectivity index (χ1) is 14.5. The number of imide groups is 1. The van der Waals surface area contributed by atoms with E-state index in [4.69, 9.17) is 9.47 Å². The first kappa shape index (κ1) is 21.9. The van der Waals surface area contributed by atoms with Crippen LogP contribution in [0.2, 0.25) is 0 Å². The van der Waals surface area contributed by atoms with Crippen LogP contribution in [0.25, 0.3) is 6.08 Å². The number of amides is 3. The molecule has 2 saturated heterocycles. The van der Waals surface area contributed by atoms with Crippen molar-refractivity contribution in [3.8, 4) is 5.75 Å². The molecule has 2 fully saturated rings. The van der Waals surface area contributed by atoms with E-state index in [0.29, 0.717) is 11.3 Å². The molecule has 9 heteroatoms. The van der Waals surface area contributed by atoms with Crippen molar-refractivity contribution in [3.05, 3.63) is 34.7 Å². The van der Waals surface area contributed by atoms with Crippen molar-refractivity contribution in [2.75, 3.05) is 32.8 Å². The van der Waals surface area contributed by atoms with E-state index >= 15 is 0 Å². The third-order valence-corrected chi connectivity index (χ3v) is 5.62. The van der Waals surface area contributed by atoms with Crippen LogP contribution in [0, 0.1) is 0 Å². The first-order valence-electron chi connectivity index (χ1n) is 9.89. The zero-order chi connectivity index (χ0) is 21.5. The van der Waals surface area contributed by atoms with Crippen molar-refractivity contribution < 1.29 is 28.7 Å².